The van der Waals surface area contributed by atoms with E-state index in [1.807, 2.05) is 42.7 Å². The molecule has 1 aliphatic rings. The van der Waals surface area contributed by atoms with E-state index in [4.69, 9.17) is 4.74 Å². The summed E-state index contributed by atoms with van der Waals surface area (Å²) >= 11 is 0. The molecule has 1 heterocycles. The van der Waals surface area contributed by atoms with Crippen LogP contribution in [-0.4, -0.2) is 54.9 Å². The second-order valence-electron chi connectivity index (χ2n) is 6.06. The highest BCUT2D eigenvalue weighted by Gasteiger charge is 2.25. The fourth-order valence-electron chi connectivity index (χ4n) is 2.94. The van der Waals surface area contributed by atoms with Crippen LogP contribution in [0.15, 0.2) is 12.1 Å². The minimum Gasteiger partial charge on any atom is -0.496 e. The molecule has 5 nitrogen and oxygen atoms in total. The monoisotopic (exact) mass is 318 g/mol. The number of hydrogen-bond acceptors (Lipinski definition) is 3. The molecule has 0 unspecified atom stereocenters. The van der Waals surface area contributed by atoms with Crippen LogP contribution in [0.4, 0.5) is 0 Å². The van der Waals surface area contributed by atoms with Gasteiger partial charge in [0.05, 0.1) is 7.11 Å². The van der Waals surface area contributed by atoms with Crippen molar-refractivity contribution in [2.75, 3.05) is 33.3 Å². The van der Waals surface area contributed by atoms with Crippen LogP contribution in [0.5, 0.6) is 5.75 Å². The minimum atomic E-state index is 0.0378. The Morgan fingerprint density at radius 2 is 1.65 bits per heavy atom. The van der Waals surface area contributed by atoms with E-state index in [2.05, 4.69) is 0 Å². The van der Waals surface area contributed by atoms with Crippen molar-refractivity contribution in [1.29, 1.82) is 0 Å². The van der Waals surface area contributed by atoms with E-state index in [1.165, 1.54) is 0 Å². The van der Waals surface area contributed by atoms with Gasteiger partial charge < -0.3 is 14.5 Å². The molecule has 0 saturated carbocycles. The Balaban J connectivity index is 2.05. The first kappa shape index (κ1) is 17.3. The van der Waals surface area contributed by atoms with Crippen LogP contribution in [0.3, 0.4) is 0 Å². The quantitative estimate of drug-likeness (QED) is 0.856. The van der Waals surface area contributed by atoms with Gasteiger partial charge in [0, 0.05) is 38.2 Å². The molecule has 1 fully saturated rings. The molecule has 0 aromatic heterocycles. The number of aryl methyl sites for hydroxylation is 2. The number of methoxy groups -OCH3 is 1. The molecule has 1 saturated heterocycles. The van der Waals surface area contributed by atoms with Crippen LogP contribution in [-0.2, 0) is 4.79 Å². The lowest BCUT2D eigenvalue weighted by molar-refractivity contribution is -0.132. The first-order chi connectivity index (χ1) is 11.0. The first-order valence-electron chi connectivity index (χ1n) is 8.20. The summed E-state index contributed by atoms with van der Waals surface area (Å²) in [4.78, 5) is 28.4. The lowest BCUT2D eigenvalue weighted by Gasteiger charge is -2.35. The van der Waals surface area contributed by atoms with Crippen LogP contribution >= 0.6 is 0 Å². The molecule has 0 bridgehead atoms. The van der Waals surface area contributed by atoms with Gasteiger partial charge in [-0.2, -0.15) is 0 Å². The molecule has 0 radical (unpaired) electrons. The van der Waals surface area contributed by atoms with Crippen molar-refractivity contribution in [2.45, 2.75) is 33.6 Å². The van der Waals surface area contributed by atoms with Gasteiger partial charge in [0.15, 0.2) is 0 Å². The van der Waals surface area contributed by atoms with Crippen LogP contribution in [0.1, 0.15) is 41.3 Å². The van der Waals surface area contributed by atoms with Crippen LogP contribution in [0, 0.1) is 13.8 Å². The molecular weight excluding hydrogens is 292 g/mol. The minimum absolute atomic E-state index is 0.0378. The number of amides is 2. The molecule has 23 heavy (non-hydrogen) atoms. The number of rotatable bonds is 4. The van der Waals surface area contributed by atoms with E-state index in [9.17, 15) is 9.59 Å². The predicted octanol–water partition coefficient (Wildman–Crippen LogP) is 2.40. The number of piperazine rings is 1. The Bertz CT molecular complexity index is 590. The van der Waals surface area contributed by atoms with E-state index in [1.54, 1.807) is 7.11 Å². The van der Waals surface area contributed by atoms with Crippen molar-refractivity contribution < 1.29 is 14.3 Å². The molecular formula is C18H26N2O3. The average Bonchev–Trinajstić information content (AvgIpc) is 2.56. The summed E-state index contributed by atoms with van der Waals surface area (Å²) in [6.45, 7) is 8.31. The maximum atomic E-state index is 12.8. The van der Waals surface area contributed by atoms with Gasteiger partial charge in [-0.25, -0.2) is 0 Å². The van der Waals surface area contributed by atoms with Gasteiger partial charge in [-0.1, -0.05) is 6.92 Å². The smallest absolute Gasteiger partial charge is 0.254 e. The summed E-state index contributed by atoms with van der Waals surface area (Å²) in [7, 11) is 1.63. The number of carbonyl (C=O) groups is 2. The third-order valence-corrected chi connectivity index (χ3v) is 4.36. The number of ether oxygens (including phenoxy) is 1. The van der Waals surface area contributed by atoms with E-state index in [-0.39, 0.29) is 11.8 Å². The molecule has 0 atom stereocenters. The zero-order valence-corrected chi connectivity index (χ0v) is 14.5. The van der Waals surface area contributed by atoms with Gasteiger partial charge in [0.1, 0.15) is 5.75 Å². The van der Waals surface area contributed by atoms with E-state index in [0.29, 0.717) is 32.6 Å². The van der Waals surface area contributed by atoms with E-state index >= 15 is 0 Å². The van der Waals surface area contributed by atoms with Crippen molar-refractivity contribution in [3.05, 3.63) is 28.8 Å². The second-order valence-corrected chi connectivity index (χ2v) is 6.06. The van der Waals surface area contributed by atoms with Crippen molar-refractivity contribution in [3.63, 3.8) is 0 Å². The summed E-state index contributed by atoms with van der Waals surface area (Å²) in [6, 6.07) is 3.80. The standard InChI is InChI=1S/C18H26N2O3/c1-5-6-17(21)19-7-9-20(10-8-19)18(22)15-11-14(3)16(23-4)12-13(15)2/h11-12H,5-10H2,1-4H3. The summed E-state index contributed by atoms with van der Waals surface area (Å²) in [5, 5.41) is 0. The molecule has 2 amide bonds. The first-order valence-corrected chi connectivity index (χ1v) is 8.20. The summed E-state index contributed by atoms with van der Waals surface area (Å²) in [5.74, 6) is 1.03. The van der Waals surface area contributed by atoms with Gasteiger partial charge in [-0.05, 0) is 43.5 Å². The van der Waals surface area contributed by atoms with Crippen LogP contribution < -0.4 is 4.74 Å². The zero-order chi connectivity index (χ0) is 17.0. The Labute approximate surface area is 138 Å². The predicted molar refractivity (Wildman–Crippen MR) is 89.9 cm³/mol. The Hall–Kier alpha value is -2.04. The molecule has 0 aliphatic carbocycles. The molecule has 1 aromatic carbocycles. The average molecular weight is 318 g/mol. The summed E-state index contributed by atoms with van der Waals surface area (Å²) in [6.07, 6.45) is 1.45. The van der Waals surface area contributed by atoms with Crippen molar-refractivity contribution in [3.8, 4) is 5.75 Å². The fourth-order valence-corrected chi connectivity index (χ4v) is 2.94. The number of nitrogens with zero attached hydrogens (tertiary/aromatic N) is 2. The molecule has 1 aliphatic heterocycles. The zero-order valence-electron chi connectivity index (χ0n) is 14.5. The SMILES string of the molecule is CCCC(=O)N1CCN(C(=O)c2cc(C)c(OC)cc2C)CC1. The molecule has 5 heteroatoms. The topological polar surface area (TPSA) is 49.9 Å². The molecule has 1 aromatic rings. The van der Waals surface area contributed by atoms with Gasteiger partial charge in [0.2, 0.25) is 5.91 Å². The maximum Gasteiger partial charge on any atom is 0.254 e. The van der Waals surface area contributed by atoms with Gasteiger partial charge >= 0.3 is 0 Å². The van der Waals surface area contributed by atoms with Crippen LogP contribution in [0.25, 0.3) is 0 Å². The van der Waals surface area contributed by atoms with Gasteiger partial charge in [-0.3, -0.25) is 9.59 Å². The summed E-state index contributed by atoms with van der Waals surface area (Å²) in [5.41, 5.74) is 2.59. The number of benzene rings is 1. The Morgan fingerprint density at radius 1 is 1.04 bits per heavy atom. The largest absolute Gasteiger partial charge is 0.496 e. The third-order valence-electron chi connectivity index (χ3n) is 4.36. The molecule has 126 valence electrons. The Kier molecular flexibility index (Phi) is 5.64. The third kappa shape index (κ3) is 3.84. The van der Waals surface area contributed by atoms with Gasteiger partial charge in [-0.15, -0.1) is 0 Å². The summed E-state index contributed by atoms with van der Waals surface area (Å²) < 4.78 is 5.30. The highest BCUT2D eigenvalue weighted by Crippen LogP contribution is 2.24. The van der Waals surface area contributed by atoms with Gasteiger partial charge in [0.25, 0.3) is 5.91 Å². The molecule has 0 spiro atoms. The van der Waals surface area contributed by atoms with Crippen LogP contribution in [0.2, 0.25) is 0 Å². The normalized spacial score (nSPS) is 14.8. The maximum absolute atomic E-state index is 12.8. The lowest BCUT2D eigenvalue weighted by Crippen LogP contribution is -2.50. The molecule has 0 N–H and O–H groups in total. The highest BCUT2D eigenvalue weighted by atomic mass is 16.5. The van der Waals surface area contributed by atoms with E-state index < -0.39 is 0 Å². The van der Waals surface area contributed by atoms with Crippen molar-refractivity contribution in [1.82, 2.24) is 9.80 Å². The lowest BCUT2D eigenvalue weighted by atomic mass is 10.0. The Morgan fingerprint density at radius 3 is 2.22 bits per heavy atom. The number of carbonyl (C=O) groups excluding carboxylic acids is 2. The fraction of sp³-hybridized carbons (Fsp3) is 0.556. The number of hydrogen-bond donors (Lipinski definition) is 0. The van der Waals surface area contributed by atoms with Crippen molar-refractivity contribution >= 4 is 11.8 Å². The van der Waals surface area contributed by atoms with E-state index in [0.717, 1.165) is 28.9 Å². The molecule has 2 rings (SSSR count). The highest BCUT2D eigenvalue weighted by molar-refractivity contribution is 5.96. The second kappa shape index (κ2) is 7.49. The van der Waals surface area contributed by atoms with Crippen molar-refractivity contribution in [2.24, 2.45) is 0 Å².